The van der Waals surface area contributed by atoms with Crippen molar-refractivity contribution < 1.29 is 0 Å². The first kappa shape index (κ1) is 16.2. The molecule has 19 heavy (non-hydrogen) atoms. The Morgan fingerprint density at radius 2 is 1.89 bits per heavy atom. The minimum Gasteiger partial charge on any atom is -0.312 e. The lowest BCUT2D eigenvalue weighted by atomic mass is 9.90. The van der Waals surface area contributed by atoms with E-state index in [0.29, 0.717) is 11.8 Å². The van der Waals surface area contributed by atoms with Crippen LogP contribution in [0.15, 0.2) is 6.07 Å². The van der Waals surface area contributed by atoms with Gasteiger partial charge in [0.2, 0.25) is 0 Å². The fourth-order valence-electron chi connectivity index (χ4n) is 2.13. The van der Waals surface area contributed by atoms with Crippen LogP contribution in [-0.4, -0.2) is 21.9 Å². The Kier molecular flexibility index (Phi) is 5.60. The second kappa shape index (κ2) is 6.56. The maximum Gasteiger partial charge on any atom is 0.0624 e. The summed E-state index contributed by atoms with van der Waals surface area (Å²) in [5.41, 5.74) is 2.76. The van der Waals surface area contributed by atoms with Gasteiger partial charge >= 0.3 is 0 Å². The number of aromatic nitrogens is 2. The SMILES string of the molecule is CCc1cc(CC(C)C(C)CNC(C)(C)C)n(C)n1. The van der Waals surface area contributed by atoms with E-state index in [0.717, 1.165) is 19.4 Å². The lowest BCUT2D eigenvalue weighted by Gasteiger charge is -2.26. The van der Waals surface area contributed by atoms with Crippen LogP contribution in [0.5, 0.6) is 0 Å². The van der Waals surface area contributed by atoms with E-state index < -0.39 is 0 Å². The molecule has 1 aromatic heterocycles. The van der Waals surface area contributed by atoms with Crippen molar-refractivity contribution >= 4 is 0 Å². The standard InChI is InChI=1S/C16H31N3/c1-8-14-10-15(19(7)18-14)9-12(2)13(3)11-17-16(4,5)6/h10,12-13,17H,8-9,11H2,1-7H3. The van der Waals surface area contributed by atoms with E-state index in [4.69, 9.17) is 0 Å². The third-order valence-corrected chi connectivity index (χ3v) is 3.85. The van der Waals surface area contributed by atoms with Crippen molar-refractivity contribution in [2.45, 2.75) is 59.9 Å². The number of rotatable bonds is 6. The summed E-state index contributed by atoms with van der Waals surface area (Å²) < 4.78 is 2.04. The Hall–Kier alpha value is -0.830. The predicted molar refractivity (Wildman–Crippen MR) is 82.4 cm³/mol. The van der Waals surface area contributed by atoms with E-state index in [9.17, 15) is 0 Å². The highest BCUT2D eigenvalue weighted by Crippen LogP contribution is 2.18. The highest BCUT2D eigenvalue weighted by Gasteiger charge is 2.17. The van der Waals surface area contributed by atoms with E-state index in [1.165, 1.54) is 11.4 Å². The van der Waals surface area contributed by atoms with Gasteiger partial charge in [0.05, 0.1) is 5.69 Å². The zero-order chi connectivity index (χ0) is 14.6. The molecule has 1 N–H and O–H groups in total. The molecule has 0 radical (unpaired) electrons. The van der Waals surface area contributed by atoms with Gasteiger partial charge in [-0.15, -0.1) is 0 Å². The van der Waals surface area contributed by atoms with Crippen LogP contribution in [0.3, 0.4) is 0 Å². The van der Waals surface area contributed by atoms with Crippen LogP contribution < -0.4 is 5.32 Å². The van der Waals surface area contributed by atoms with Crippen LogP contribution in [0.2, 0.25) is 0 Å². The van der Waals surface area contributed by atoms with Gasteiger partial charge in [-0.2, -0.15) is 5.10 Å². The molecule has 2 unspecified atom stereocenters. The molecule has 0 saturated heterocycles. The quantitative estimate of drug-likeness (QED) is 0.856. The van der Waals surface area contributed by atoms with Gasteiger partial charge < -0.3 is 5.32 Å². The van der Waals surface area contributed by atoms with Crippen molar-refractivity contribution in [3.63, 3.8) is 0 Å². The lowest BCUT2D eigenvalue weighted by molar-refractivity contribution is 0.314. The van der Waals surface area contributed by atoms with Crippen molar-refractivity contribution in [3.8, 4) is 0 Å². The van der Waals surface area contributed by atoms with Gasteiger partial charge in [0.1, 0.15) is 0 Å². The molecule has 0 aliphatic rings. The van der Waals surface area contributed by atoms with E-state index in [-0.39, 0.29) is 5.54 Å². The van der Waals surface area contributed by atoms with Crippen molar-refractivity contribution in [2.24, 2.45) is 18.9 Å². The van der Waals surface area contributed by atoms with Gasteiger partial charge in [-0.1, -0.05) is 20.8 Å². The summed E-state index contributed by atoms with van der Waals surface area (Å²) in [6.07, 6.45) is 2.12. The fraction of sp³-hybridized carbons (Fsp3) is 0.812. The summed E-state index contributed by atoms with van der Waals surface area (Å²) in [5.74, 6) is 1.33. The largest absolute Gasteiger partial charge is 0.312 e. The number of hydrogen-bond acceptors (Lipinski definition) is 2. The van der Waals surface area contributed by atoms with Crippen molar-refractivity contribution in [3.05, 3.63) is 17.5 Å². The molecule has 110 valence electrons. The molecule has 1 rings (SSSR count). The minimum absolute atomic E-state index is 0.204. The second-order valence-corrected chi connectivity index (χ2v) is 6.89. The van der Waals surface area contributed by atoms with Gasteiger partial charge in [-0.3, -0.25) is 4.68 Å². The maximum absolute atomic E-state index is 4.53. The zero-order valence-corrected chi connectivity index (χ0v) is 13.7. The zero-order valence-electron chi connectivity index (χ0n) is 13.7. The first-order chi connectivity index (χ1) is 8.73. The third-order valence-electron chi connectivity index (χ3n) is 3.85. The summed E-state index contributed by atoms with van der Waals surface area (Å²) in [6.45, 7) is 14.6. The smallest absolute Gasteiger partial charge is 0.0624 e. The van der Waals surface area contributed by atoms with E-state index in [2.05, 4.69) is 65.1 Å². The van der Waals surface area contributed by atoms with Crippen molar-refractivity contribution in [1.29, 1.82) is 0 Å². The monoisotopic (exact) mass is 265 g/mol. The molecule has 3 nitrogen and oxygen atoms in total. The van der Waals surface area contributed by atoms with E-state index in [1.54, 1.807) is 0 Å². The molecular formula is C16H31N3. The average molecular weight is 265 g/mol. The molecule has 1 aromatic rings. The Labute approximate surface area is 118 Å². The maximum atomic E-state index is 4.53. The summed E-state index contributed by atoms with van der Waals surface area (Å²) in [7, 11) is 2.05. The molecule has 0 amide bonds. The van der Waals surface area contributed by atoms with Gasteiger partial charge in [-0.05, 0) is 58.1 Å². The molecule has 3 heteroatoms. The van der Waals surface area contributed by atoms with Crippen molar-refractivity contribution in [2.75, 3.05) is 6.54 Å². The van der Waals surface area contributed by atoms with E-state index in [1.807, 2.05) is 4.68 Å². The van der Waals surface area contributed by atoms with Gasteiger partial charge in [0.15, 0.2) is 0 Å². The van der Waals surface area contributed by atoms with Crippen LogP contribution in [0.1, 0.15) is 52.9 Å². The normalized spacial score (nSPS) is 15.5. The Morgan fingerprint density at radius 1 is 1.26 bits per heavy atom. The first-order valence-corrected chi connectivity index (χ1v) is 7.49. The summed E-state index contributed by atoms with van der Waals surface area (Å²) >= 11 is 0. The van der Waals surface area contributed by atoms with Gasteiger partial charge in [-0.25, -0.2) is 0 Å². The highest BCUT2D eigenvalue weighted by atomic mass is 15.3. The molecule has 0 saturated carbocycles. The summed E-state index contributed by atoms with van der Waals surface area (Å²) in [6, 6.07) is 2.25. The predicted octanol–water partition coefficient (Wildman–Crippen LogP) is 3.19. The number of hydrogen-bond donors (Lipinski definition) is 1. The summed E-state index contributed by atoms with van der Waals surface area (Å²) in [4.78, 5) is 0. The molecule has 0 aliphatic carbocycles. The average Bonchev–Trinajstić information content (AvgIpc) is 2.66. The molecule has 0 fully saturated rings. The molecule has 0 spiro atoms. The second-order valence-electron chi connectivity index (χ2n) is 6.89. The topological polar surface area (TPSA) is 29.9 Å². The Morgan fingerprint density at radius 3 is 2.37 bits per heavy atom. The molecule has 2 atom stereocenters. The molecular weight excluding hydrogens is 234 g/mol. The van der Waals surface area contributed by atoms with Crippen LogP contribution in [0.4, 0.5) is 0 Å². The van der Waals surface area contributed by atoms with Crippen LogP contribution in [0.25, 0.3) is 0 Å². The number of aryl methyl sites for hydroxylation is 2. The highest BCUT2D eigenvalue weighted by molar-refractivity contribution is 5.10. The van der Waals surface area contributed by atoms with Crippen LogP contribution in [0, 0.1) is 11.8 Å². The number of nitrogens with zero attached hydrogens (tertiary/aromatic N) is 2. The van der Waals surface area contributed by atoms with Crippen LogP contribution >= 0.6 is 0 Å². The van der Waals surface area contributed by atoms with Crippen LogP contribution in [-0.2, 0) is 19.9 Å². The summed E-state index contributed by atoms with van der Waals surface area (Å²) in [5, 5.41) is 8.12. The van der Waals surface area contributed by atoms with Gasteiger partial charge in [0, 0.05) is 18.3 Å². The third kappa shape index (κ3) is 5.35. The number of nitrogens with one attached hydrogen (secondary N) is 1. The molecule has 0 bridgehead atoms. The van der Waals surface area contributed by atoms with Gasteiger partial charge in [0.25, 0.3) is 0 Å². The molecule has 0 aliphatic heterocycles. The fourth-order valence-corrected chi connectivity index (χ4v) is 2.13. The van der Waals surface area contributed by atoms with Crippen molar-refractivity contribution in [1.82, 2.24) is 15.1 Å². The molecule has 1 heterocycles. The first-order valence-electron chi connectivity index (χ1n) is 7.49. The minimum atomic E-state index is 0.204. The lowest BCUT2D eigenvalue weighted by Crippen LogP contribution is -2.40. The molecule has 0 aromatic carbocycles. The Bertz CT molecular complexity index is 387. The Balaban J connectivity index is 2.53. The van der Waals surface area contributed by atoms with E-state index >= 15 is 0 Å².